The highest BCUT2D eigenvalue weighted by molar-refractivity contribution is 5.84. The van der Waals surface area contributed by atoms with Crippen LogP contribution in [0.4, 0.5) is 0 Å². The second kappa shape index (κ2) is 6.39. The van der Waals surface area contributed by atoms with Gasteiger partial charge in [-0.2, -0.15) is 0 Å². The van der Waals surface area contributed by atoms with E-state index in [1.807, 2.05) is 36.4 Å². The molecule has 2 aromatic carbocycles. The molecule has 0 heterocycles. The van der Waals surface area contributed by atoms with E-state index in [9.17, 15) is 9.90 Å². The molecule has 0 saturated carbocycles. The van der Waals surface area contributed by atoms with Crippen LogP contribution in [0.1, 0.15) is 18.4 Å². The number of carbonyl (C=O) groups excluding carboxylic acids is 1. The van der Waals surface area contributed by atoms with Crippen molar-refractivity contribution in [2.45, 2.75) is 12.8 Å². The number of methoxy groups -OCH3 is 1. The van der Waals surface area contributed by atoms with Gasteiger partial charge in [-0.1, -0.05) is 24.3 Å². The summed E-state index contributed by atoms with van der Waals surface area (Å²) in [6.45, 7) is 1.49. The largest absolute Gasteiger partial charge is 0.497 e. The van der Waals surface area contributed by atoms with E-state index >= 15 is 0 Å². The fourth-order valence-corrected chi connectivity index (χ4v) is 2.10. The van der Waals surface area contributed by atoms with Crippen molar-refractivity contribution in [2.75, 3.05) is 20.3 Å². The molecular weight excluding hydrogens is 256 g/mol. The molecule has 0 aliphatic rings. The van der Waals surface area contributed by atoms with Gasteiger partial charge in [-0.15, -0.1) is 0 Å². The molecule has 4 nitrogen and oxygen atoms in total. The van der Waals surface area contributed by atoms with Crippen LogP contribution in [0, 0.1) is 0 Å². The number of benzene rings is 2. The van der Waals surface area contributed by atoms with E-state index in [1.165, 1.54) is 6.92 Å². The third kappa shape index (κ3) is 3.27. The Balaban J connectivity index is 2.27. The Bertz CT molecular complexity index is 606. The summed E-state index contributed by atoms with van der Waals surface area (Å²) in [4.78, 5) is 10.9. The first kappa shape index (κ1) is 14.3. The zero-order valence-electron chi connectivity index (χ0n) is 11.6. The lowest BCUT2D eigenvalue weighted by Crippen LogP contribution is -2.14. The van der Waals surface area contributed by atoms with E-state index in [-0.39, 0.29) is 25.1 Å². The van der Waals surface area contributed by atoms with Crippen LogP contribution in [0.5, 0.6) is 5.75 Å². The van der Waals surface area contributed by atoms with Gasteiger partial charge in [-0.05, 0) is 28.5 Å². The van der Waals surface area contributed by atoms with Crippen LogP contribution in [0.15, 0.2) is 36.4 Å². The highest BCUT2D eigenvalue weighted by atomic mass is 16.5. The van der Waals surface area contributed by atoms with Crippen molar-refractivity contribution < 1.29 is 19.4 Å². The first-order valence-corrected chi connectivity index (χ1v) is 6.46. The van der Waals surface area contributed by atoms with Gasteiger partial charge < -0.3 is 14.6 Å². The van der Waals surface area contributed by atoms with Crippen LogP contribution in [-0.2, 0) is 9.53 Å². The third-order valence-corrected chi connectivity index (χ3v) is 3.25. The van der Waals surface area contributed by atoms with Gasteiger partial charge in [0, 0.05) is 12.8 Å². The SMILES string of the molecule is COc1ccc2cc([C@H](CO)COC(C)=O)ccc2c1. The molecule has 0 aliphatic carbocycles. The first-order valence-electron chi connectivity index (χ1n) is 6.46. The molecule has 4 heteroatoms. The molecule has 1 atom stereocenters. The number of aliphatic hydroxyl groups is 1. The van der Waals surface area contributed by atoms with Gasteiger partial charge in [0.15, 0.2) is 0 Å². The Labute approximate surface area is 117 Å². The molecule has 106 valence electrons. The summed E-state index contributed by atoms with van der Waals surface area (Å²) >= 11 is 0. The number of aliphatic hydroxyl groups excluding tert-OH is 1. The van der Waals surface area contributed by atoms with Gasteiger partial charge in [0.1, 0.15) is 12.4 Å². The molecular formula is C16H18O4. The van der Waals surface area contributed by atoms with Crippen LogP contribution < -0.4 is 4.74 Å². The standard InChI is InChI=1S/C16H18O4/c1-11(18)20-10-15(9-17)13-3-4-14-8-16(19-2)6-5-12(14)7-13/h3-8,15,17H,9-10H2,1-2H3/t15-/m1/s1. The predicted molar refractivity (Wildman–Crippen MR) is 77.0 cm³/mol. The van der Waals surface area contributed by atoms with Crippen molar-refractivity contribution in [3.05, 3.63) is 42.0 Å². The average Bonchev–Trinajstić information content (AvgIpc) is 2.47. The summed E-state index contributed by atoms with van der Waals surface area (Å²) in [7, 11) is 1.64. The van der Waals surface area contributed by atoms with E-state index in [0.717, 1.165) is 22.1 Å². The topological polar surface area (TPSA) is 55.8 Å². The summed E-state index contributed by atoms with van der Waals surface area (Å²) in [5, 5.41) is 11.6. The molecule has 2 aromatic rings. The van der Waals surface area contributed by atoms with Crippen molar-refractivity contribution in [3.8, 4) is 5.75 Å². The molecule has 0 unspecified atom stereocenters. The minimum Gasteiger partial charge on any atom is -0.497 e. The summed E-state index contributed by atoms with van der Waals surface area (Å²) in [5.74, 6) is 0.267. The van der Waals surface area contributed by atoms with Gasteiger partial charge >= 0.3 is 5.97 Å². The van der Waals surface area contributed by atoms with Crippen molar-refractivity contribution >= 4 is 16.7 Å². The van der Waals surface area contributed by atoms with Crippen molar-refractivity contribution in [2.24, 2.45) is 0 Å². The van der Waals surface area contributed by atoms with Gasteiger partial charge in [0.25, 0.3) is 0 Å². The highest BCUT2D eigenvalue weighted by Gasteiger charge is 2.13. The summed E-state index contributed by atoms with van der Waals surface area (Å²) in [6, 6.07) is 11.7. The summed E-state index contributed by atoms with van der Waals surface area (Å²) < 4.78 is 10.2. The number of fused-ring (bicyclic) bond motifs is 1. The Morgan fingerprint density at radius 2 is 1.90 bits per heavy atom. The van der Waals surface area contributed by atoms with Crippen LogP contribution in [-0.4, -0.2) is 31.4 Å². The molecule has 0 amide bonds. The highest BCUT2D eigenvalue weighted by Crippen LogP contribution is 2.25. The third-order valence-electron chi connectivity index (χ3n) is 3.25. The fraction of sp³-hybridized carbons (Fsp3) is 0.312. The second-order valence-corrected chi connectivity index (χ2v) is 4.65. The van der Waals surface area contributed by atoms with Gasteiger partial charge in [-0.25, -0.2) is 0 Å². The van der Waals surface area contributed by atoms with E-state index in [0.29, 0.717) is 0 Å². The molecule has 20 heavy (non-hydrogen) atoms. The number of carbonyl (C=O) groups is 1. The number of hydrogen-bond donors (Lipinski definition) is 1. The van der Waals surface area contributed by atoms with Crippen LogP contribution in [0.2, 0.25) is 0 Å². The minimum atomic E-state index is -0.339. The Hall–Kier alpha value is -2.07. The molecule has 0 fully saturated rings. The summed E-state index contributed by atoms with van der Waals surface area (Å²) in [6.07, 6.45) is 0. The van der Waals surface area contributed by atoms with E-state index < -0.39 is 0 Å². The first-order chi connectivity index (χ1) is 9.63. The molecule has 0 aliphatic heterocycles. The number of esters is 1. The Morgan fingerprint density at radius 1 is 1.20 bits per heavy atom. The predicted octanol–water partition coefficient (Wildman–Crippen LogP) is 2.49. The maximum Gasteiger partial charge on any atom is 0.302 e. The quantitative estimate of drug-likeness (QED) is 0.851. The van der Waals surface area contributed by atoms with Crippen molar-refractivity contribution in [1.82, 2.24) is 0 Å². The lowest BCUT2D eigenvalue weighted by atomic mass is 9.97. The molecule has 0 aromatic heterocycles. The minimum absolute atomic E-state index is 0.0606. The van der Waals surface area contributed by atoms with Crippen molar-refractivity contribution in [3.63, 3.8) is 0 Å². The maximum absolute atomic E-state index is 10.9. The Morgan fingerprint density at radius 3 is 2.55 bits per heavy atom. The fourth-order valence-electron chi connectivity index (χ4n) is 2.10. The van der Waals surface area contributed by atoms with Gasteiger partial charge in [0.05, 0.1) is 13.7 Å². The molecule has 0 radical (unpaired) electrons. The van der Waals surface area contributed by atoms with E-state index in [1.54, 1.807) is 7.11 Å². The van der Waals surface area contributed by atoms with Crippen LogP contribution in [0.3, 0.4) is 0 Å². The van der Waals surface area contributed by atoms with Gasteiger partial charge in [-0.3, -0.25) is 4.79 Å². The summed E-state index contributed by atoms with van der Waals surface area (Å²) in [5.41, 5.74) is 0.950. The number of hydrogen-bond acceptors (Lipinski definition) is 4. The molecule has 0 spiro atoms. The molecule has 0 saturated heterocycles. The average molecular weight is 274 g/mol. The zero-order chi connectivity index (χ0) is 14.5. The number of ether oxygens (including phenoxy) is 2. The van der Waals surface area contributed by atoms with Crippen LogP contribution >= 0.6 is 0 Å². The van der Waals surface area contributed by atoms with Gasteiger partial charge in [0.2, 0.25) is 0 Å². The zero-order valence-corrected chi connectivity index (χ0v) is 11.6. The molecule has 1 N–H and O–H groups in total. The Kier molecular flexibility index (Phi) is 4.58. The normalized spacial score (nSPS) is 12.2. The maximum atomic E-state index is 10.9. The monoisotopic (exact) mass is 274 g/mol. The molecule has 0 bridgehead atoms. The van der Waals surface area contributed by atoms with E-state index in [2.05, 4.69) is 0 Å². The lowest BCUT2D eigenvalue weighted by molar-refractivity contribution is -0.141. The smallest absolute Gasteiger partial charge is 0.302 e. The van der Waals surface area contributed by atoms with Crippen molar-refractivity contribution in [1.29, 1.82) is 0 Å². The van der Waals surface area contributed by atoms with Crippen LogP contribution in [0.25, 0.3) is 10.8 Å². The lowest BCUT2D eigenvalue weighted by Gasteiger charge is -2.15. The number of rotatable bonds is 5. The molecule has 2 rings (SSSR count). The van der Waals surface area contributed by atoms with E-state index in [4.69, 9.17) is 9.47 Å². The second-order valence-electron chi connectivity index (χ2n) is 4.65.